The van der Waals surface area contributed by atoms with E-state index in [4.69, 9.17) is 19.3 Å². The summed E-state index contributed by atoms with van der Waals surface area (Å²) < 4.78 is 34.5. The van der Waals surface area contributed by atoms with E-state index in [0.717, 1.165) is 36.3 Å². The summed E-state index contributed by atoms with van der Waals surface area (Å²) in [7, 11) is 1.39. The van der Waals surface area contributed by atoms with Gasteiger partial charge in [0.25, 0.3) is 0 Å². The SMILES string of the molecule is COc1ncc(-c2nn(-c3cnn(CC4CCN(C(=O)OC(C)(C)C)CC4)c3)c3c2CCOCC3)cc1F. The van der Waals surface area contributed by atoms with E-state index in [1.54, 1.807) is 11.1 Å². The van der Waals surface area contributed by atoms with Crippen molar-refractivity contribution < 1.29 is 23.4 Å². The molecule has 2 aliphatic heterocycles. The highest BCUT2D eigenvalue weighted by atomic mass is 19.1. The maximum atomic E-state index is 14.5. The molecule has 0 atom stereocenters. The van der Waals surface area contributed by atoms with Crippen molar-refractivity contribution in [2.24, 2.45) is 5.92 Å². The number of amides is 1. The molecule has 2 aliphatic rings. The van der Waals surface area contributed by atoms with E-state index >= 15 is 0 Å². The van der Waals surface area contributed by atoms with Crippen LogP contribution in [0.3, 0.4) is 0 Å². The first-order chi connectivity index (χ1) is 18.2. The average Bonchev–Trinajstić information content (AvgIpc) is 3.40. The first-order valence-corrected chi connectivity index (χ1v) is 13.1. The fourth-order valence-corrected chi connectivity index (χ4v) is 5.05. The number of piperidine rings is 1. The van der Waals surface area contributed by atoms with Gasteiger partial charge >= 0.3 is 6.09 Å². The lowest BCUT2D eigenvalue weighted by Crippen LogP contribution is -2.42. The Morgan fingerprint density at radius 3 is 2.66 bits per heavy atom. The molecular weight excluding hydrogens is 491 g/mol. The quantitative estimate of drug-likeness (QED) is 0.495. The molecule has 0 unspecified atom stereocenters. The van der Waals surface area contributed by atoms with Crippen LogP contribution >= 0.6 is 0 Å². The molecule has 204 valence electrons. The number of aromatic nitrogens is 5. The van der Waals surface area contributed by atoms with Crippen molar-refractivity contribution in [2.75, 3.05) is 33.4 Å². The third-order valence-electron chi connectivity index (χ3n) is 6.92. The first-order valence-electron chi connectivity index (χ1n) is 13.1. The van der Waals surface area contributed by atoms with Crippen molar-refractivity contribution >= 4 is 6.09 Å². The van der Waals surface area contributed by atoms with Crippen LogP contribution in [0.5, 0.6) is 5.88 Å². The molecular formula is C27H35FN6O4. The van der Waals surface area contributed by atoms with Crippen LogP contribution in [0, 0.1) is 11.7 Å². The monoisotopic (exact) mass is 526 g/mol. The number of rotatable bonds is 5. The fourth-order valence-electron chi connectivity index (χ4n) is 5.05. The molecule has 0 radical (unpaired) electrons. The lowest BCUT2D eigenvalue weighted by Gasteiger charge is -2.33. The number of methoxy groups -OCH3 is 1. The van der Waals surface area contributed by atoms with Gasteiger partial charge in [-0.1, -0.05) is 0 Å². The molecule has 11 heteroatoms. The molecule has 1 fully saturated rings. The molecule has 0 saturated carbocycles. The summed E-state index contributed by atoms with van der Waals surface area (Å²) in [6.07, 6.45) is 8.32. The maximum absolute atomic E-state index is 14.5. The van der Waals surface area contributed by atoms with Crippen LogP contribution in [0.1, 0.15) is 44.9 Å². The molecule has 38 heavy (non-hydrogen) atoms. The van der Waals surface area contributed by atoms with Crippen LogP contribution in [0.15, 0.2) is 24.7 Å². The van der Waals surface area contributed by atoms with Crippen molar-refractivity contribution in [3.05, 3.63) is 41.7 Å². The molecule has 0 aromatic carbocycles. The van der Waals surface area contributed by atoms with Crippen molar-refractivity contribution in [1.82, 2.24) is 29.4 Å². The summed E-state index contributed by atoms with van der Waals surface area (Å²) in [4.78, 5) is 18.3. The Balaban J connectivity index is 1.32. The van der Waals surface area contributed by atoms with Gasteiger partial charge in [0, 0.05) is 43.4 Å². The van der Waals surface area contributed by atoms with Gasteiger partial charge in [-0.15, -0.1) is 0 Å². The van der Waals surface area contributed by atoms with Crippen molar-refractivity contribution in [2.45, 2.75) is 58.6 Å². The zero-order valence-corrected chi connectivity index (χ0v) is 22.4. The van der Waals surface area contributed by atoms with Crippen LogP contribution < -0.4 is 4.74 Å². The van der Waals surface area contributed by atoms with E-state index in [0.29, 0.717) is 56.3 Å². The van der Waals surface area contributed by atoms with Gasteiger partial charge in [-0.25, -0.2) is 18.9 Å². The molecule has 0 aliphatic carbocycles. The van der Waals surface area contributed by atoms with Gasteiger partial charge < -0.3 is 19.1 Å². The Hall–Kier alpha value is -3.47. The van der Waals surface area contributed by atoms with Crippen molar-refractivity contribution in [3.63, 3.8) is 0 Å². The average molecular weight is 527 g/mol. The predicted octanol–water partition coefficient (Wildman–Crippen LogP) is 4.04. The van der Waals surface area contributed by atoms with Crippen molar-refractivity contribution in [1.29, 1.82) is 0 Å². The van der Waals surface area contributed by atoms with Crippen molar-refractivity contribution in [3.8, 4) is 22.8 Å². The number of halogens is 1. The van der Waals surface area contributed by atoms with Crippen LogP contribution in [0.4, 0.5) is 9.18 Å². The summed E-state index contributed by atoms with van der Waals surface area (Å²) in [5, 5.41) is 9.50. The fraction of sp³-hybridized carbons (Fsp3) is 0.556. The van der Waals surface area contributed by atoms with Gasteiger partial charge in [-0.05, 0) is 52.0 Å². The number of carbonyl (C=O) groups is 1. The van der Waals surface area contributed by atoms with E-state index in [9.17, 15) is 9.18 Å². The normalized spacial score (nSPS) is 16.7. The molecule has 3 aromatic heterocycles. The first kappa shape index (κ1) is 26.1. The highest BCUT2D eigenvalue weighted by Gasteiger charge is 2.28. The number of hydrogen-bond donors (Lipinski definition) is 0. The molecule has 10 nitrogen and oxygen atoms in total. The standard InChI is InChI=1S/C27H35FN6O4/c1-27(2,3)38-26(35)32-9-5-18(6-10-32)16-33-17-20(15-30-33)34-23-8-12-37-11-7-21(23)24(31-34)19-13-22(28)25(36-4)29-14-19/h13-15,17-18H,5-12,16H2,1-4H3. The second-order valence-corrected chi connectivity index (χ2v) is 10.8. The summed E-state index contributed by atoms with van der Waals surface area (Å²) in [6.45, 7) is 8.94. The molecule has 0 spiro atoms. The Bertz CT molecular complexity index is 1290. The maximum Gasteiger partial charge on any atom is 0.410 e. The van der Waals surface area contributed by atoms with E-state index in [-0.39, 0.29) is 12.0 Å². The number of carbonyl (C=O) groups excluding carboxylic acids is 1. The largest absolute Gasteiger partial charge is 0.479 e. The van der Waals surface area contributed by atoms with Gasteiger partial charge in [0.2, 0.25) is 5.88 Å². The number of fused-ring (bicyclic) bond motifs is 1. The van der Waals surface area contributed by atoms with Gasteiger partial charge in [0.05, 0.1) is 44.1 Å². The van der Waals surface area contributed by atoms with E-state index < -0.39 is 11.4 Å². The smallest absolute Gasteiger partial charge is 0.410 e. The number of nitrogens with zero attached hydrogens (tertiary/aromatic N) is 6. The van der Waals surface area contributed by atoms with Gasteiger partial charge in [0.1, 0.15) is 11.3 Å². The molecule has 1 amide bonds. The van der Waals surface area contributed by atoms with Gasteiger partial charge in [-0.3, -0.25) is 4.68 Å². The zero-order chi connectivity index (χ0) is 26.9. The third-order valence-corrected chi connectivity index (χ3v) is 6.92. The minimum absolute atomic E-state index is 0.0409. The topological polar surface area (TPSA) is 96.5 Å². The Morgan fingerprint density at radius 2 is 1.95 bits per heavy atom. The lowest BCUT2D eigenvalue weighted by atomic mass is 9.97. The second kappa shape index (κ2) is 10.7. The number of likely N-dealkylation sites (tertiary alicyclic amines) is 1. The number of pyridine rings is 1. The zero-order valence-electron chi connectivity index (χ0n) is 22.4. The number of hydrogen-bond acceptors (Lipinski definition) is 7. The summed E-state index contributed by atoms with van der Waals surface area (Å²) >= 11 is 0. The van der Waals surface area contributed by atoms with Crippen LogP contribution in [0.25, 0.3) is 16.9 Å². The molecule has 5 rings (SSSR count). The minimum atomic E-state index is -0.524. The number of ether oxygens (including phenoxy) is 3. The van der Waals surface area contributed by atoms with Gasteiger partial charge in [-0.2, -0.15) is 10.2 Å². The highest BCUT2D eigenvalue weighted by Crippen LogP contribution is 2.31. The molecule has 0 N–H and O–H groups in total. The summed E-state index contributed by atoms with van der Waals surface area (Å²) in [6, 6.07) is 1.41. The highest BCUT2D eigenvalue weighted by molar-refractivity contribution is 5.68. The van der Waals surface area contributed by atoms with Crippen LogP contribution in [-0.4, -0.2) is 74.6 Å². The minimum Gasteiger partial charge on any atom is -0.479 e. The summed E-state index contributed by atoms with van der Waals surface area (Å²) in [5.74, 6) is -0.155. The third kappa shape index (κ3) is 5.67. The Labute approximate surface area is 221 Å². The second-order valence-electron chi connectivity index (χ2n) is 10.8. The van der Waals surface area contributed by atoms with E-state index in [1.165, 1.54) is 13.2 Å². The lowest BCUT2D eigenvalue weighted by molar-refractivity contribution is 0.0177. The van der Waals surface area contributed by atoms with Crippen LogP contribution in [0.2, 0.25) is 0 Å². The summed E-state index contributed by atoms with van der Waals surface area (Å²) in [5.41, 5.74) is 3.73. The molecule has 0 bridgehead atoms. The Morgan fingerprint density at radius 1 is 1.18 bits per heavy atom. The predicted molar refractivity (Wildman–Crippen MR) is 138 cm³/mol. The molecule has 1 saturated heterocycles. The van der Waals surface area contributed by atoms with E-state index in [1.807, 2.05) is 42.5 Å². The van der Waals surface area contributed by atoms with E-state index in [2.05, 4.69) is 10.1 Å². The molecule has 5 heterocycles. The molecule has 3 aromatic rings. The van der Waals surface area contributed by atoms with Gasteiger partial charge in [0.15, 0.2) is 5.82 Å². The van der Waals surface area contributed by atoms with Crippen LogP contribution in [-0.2, 0) is 28.9 Å². The Kier molecular flexibility index (Phi) is 7.38.